The van der Waals surface area contributed by atoms with Gasteiger partial charge in [-0.1, -0.05) is 0 Å². The van der Waals surface area contributed by atoms with Crippen LogP contribution in [0, 0.1) is 6.92 Å². The number of hydrogen-bond acceptors (Lipinski definition) is 5. The first-order valence-corrected chi connectivity index (χ1v) is 6.53. The van der Waals surface area contributed by atoms with Crippen LogP contribution >= 0.6 is 0 Å². The Hall–Kier alpha value is -2.11. The number of anilines is 2. The molecule has 0 aromatic carbocycles. The molecule has 0 spiro atoms. The average Bonchev–Trinajstić information content (AvgIpc) is 2.73. The molecule has 3 heterocycles. The first kappa shape index (κ1) is 12.0. The molecule has 0 bridgehead atoms. The molecule has 1 unspecified atom stereocenters. The predicted octanol–water partition coefficient (Wildman–Crippen LogP) is 1.38. The van der Waals surface area contributed by atoms with Gasteiger partial charge in [-0.25, -0.2) is 4.98 Å². The van der Waals surface area contributed by atoms with Crippen molar-refractivity contribution in [3.05, 3.63) is 30.0 Å². The fourth-order valence-electron chi connectivity index (χ4n) is 2.28. The van der Waals surface area contributed by atoms with E-state index in [-0.39, 0.29) is 6.04 Å². The third-order valence-corrected chi connectivity index (χ3v) is 3.57. The molecular weight excluding hydrogens is 240 g/mol. The molecule has 19 heavy (non-hydrogen) atoms. The van der Waals surface area contributed by atoms with Gasteiger partial charge in [-0.05, 0) is 20.3 Å². The second kappa shape index (κ2) is 4.53. The minimum atomic E-state index is 0.0373. The summed E-state index contributed by atoms with van der Waals surface area (Å²) in [7, 11) is 0. The molecule has 1 fully saturated rings. The van der Waals surface area contributed by atoms with Crippen LogP contribution in [0.15, 0.2) is 18.6 Å². The van der Waals surface area contributed by atoms with E-state index in [1.165, 1.54) is 6.42 Å². The molecule has 2 aromatic rings. The van der Waals surface area contributed by atoms with Crippen molar-refractivity contribution in [1.82, 2.24) is 19.7 Å². The first-order chi connectivity index (χ1) is 9.15. The maximum atomic E-state index is 5.70. The highest BCUT2D eigenvalue weighted by molar-refractivity contribution is 5.40. The van der Waals surface area contributed by atoms with E-state index >= 15 is 0 Å². The second-order valence-electron chi connectivity index (χ2n) is 4.97. The standard InChI is InChI=1S/C13H18N6/c1-9-13(10(2)19-8-11(14)6-16-19)15-7-12(17-9)18-4-3-5-18/h6-8,10H,3-5,14H2,1-2H3. The van der Waals surface area contributed by atoms with Gasteiger partial charge in [0.25, 0.3) is 0 Å². The van der Waals surface area contributed by atoms with Gasteiger partial charge in [-0.2, -0.15) is 5.10 Å². The molecule has 0 radical (unpaired) electrons. The maximum Gasteiger partial charge on any atom is 0.147 e. The van der Waals surface area contributed by atoms with Gasteiger partial charge in [0, 0.05) is 19.3 Å². The van der Waals surface area contributed by atoms with E-state index in [2.05, 4.69) is 20.0 Å². The van der Waals surface area contributed by atoms with Crippen LogP contribution in [-0.4, -0.2) is 32.8 Å². The third kappa shape index (κ3) is 2.14. The zero-order valence-electron chi connectivity index (χ0n) is 11.2. The Morgan fingerprint density at radius 1 is 1.32 bits per heavy atom. The molecule has 0 aliphatic carbocycles. The lowest BCUT2D eigenvalue weighted by Crippen LogP contribution is -2.37. The Labute approximate surface area is 112 Å². The summed E-state index contributed by atoms with van der Waals surface area (Å²) in [5.41, 5.74) is 8.25. The zero-order valence-corrected chi connectivity index (χ0v) is 11.2. The van der Waals surface area contributed by atoms with Crippen molar-refractivity contribution in [2.75, 3.05) is 23.7 Å². The number of rotatable bonds is 3. The first-order valence-electron chi connectivity index (χ1n) is 6.53. The maximum absolute atomic E-state index is 5.70. The van der Waals surface area contributed by atoms with Crippen LogP contribution in [0.5, 0.6) is 0 Å². The number of aryl methyl sites for hydroxylation is 1. The Kier molecular flexibility index (Phi) is 2.85. The molecule has 1 saturated heterocycles. The van der Waals surface area contributed by atoms with Crippen LogP contribution in [0.4, 0.5) is 11.5 Å². The predicted molar refractivity (Wildman–Crippen MR) is 74.1 cm³/mol. The molecule has 1 aliphatic heterocycles. The Morgan fingerprint density at radius 2 is 2.11 bits per heavy atom. The number of aromatic nitrogens is 4. The Balaban J connectivity index is 1.88. The summed E-state index contributed by atoms with van der Waals surface area (Å²) >= 11 is 0. The van der Waals surface area contributed by atoms with Crippen molar-refractivity contribution in [3.8, 4) is 0 Å². The van der Waals surface area contributed by atoms with E-state index in [1.807, 2.05) is 30.9 Å². The van der Waals surface area contributed by atoms with Gasteiger partial charge < -0.3 is 10.6 Å². The fourth-order valence-corrected chi connectivity index (χ4v) is 2.28. The molecule has 6 nitrogen and oxygen atoms in total. The molecule has 2 N–H and O–H groups in total. The van der Waals surface area contributed by atoms with Crippen molar-refractivity contribution in [2.45, 2.75) is 26.3 Å². The summed E-state index contributed by atoms with van der Waals surface area (Å²) in [6.45, 7) is 6.21. The van der Waals surface area contributed by atoms with Gasteiger partial charge in [-0.3, -0.25) is 9.67 Å². The number of nitrogen functional groups attached to an aromatic ring is 1. The monoisotopic (exact) mass is 258 g/mol. The highest BCUT2D eigenvalue weighted by Gasteiger charge is 2.19. The zero-order chi connectivity index (χ0) is 13.4. The molecular formula is C13H18N6. The molecule has 1 aliphatic rings. The van der Waals surface area contributed by atoms with E-state index in [9.17, 15) is 0 Å². The number of nitrogens with zero attached hydrogens (tertiary/aromatic N) is 5. The van der Waals surface area contributed by atoms with Crippen molar-refractivity contribution in [1.29, 1.82) is 0 Å². The van der Waals surface area contributed by atoms with Crippen molar-refractivity contribution < 1.29 is 0 Å². The quantitative estimate of drug-likeness (QED) is 0.900. The molecule has 6 heteroatoms. The van der Waals surface area contributed by atoms with E-state index in [0.29, 0.717) is 5.69 Å². The number of nitrogens with two attached hydrogens (primary N) is 1. The SMILES string of the molecule is Cc1nc(N2CCC2)cnc1C(C)n1cc(N)cn1. The van der Waals surface area contributed by atoms with Crippen molar-refractivity contribution >= 4 is 11.5 Å². The van der Waals surface area contributed by atoms with E-state index in [4.69, 9.17) is 5.73 Å². The lowest BCUT2D eigenvalue weighted by Gasteiger charge is -2.32. The molecule has 0 saturated carbocycles. The number of hydrogen-bond donors (Lipinski definition) is 1. The highest BCUT2D eigenvalue weighted by Crippen LogP contribution is 2.22. The largest absolute Gasteiger partial charge is 0.396 e. The Morgan fingerprint density at radius 3 is 2.63 bits per heavy atom. The van der Waals surface area contributed by atoms with Gasteiger partial charge in [0.15, 0.2) is 0 Å². The summed E-state index contributed by atoms with van der Waals surface area (Å²) in [6, 6.07) is 0.0373. The normalized spacial score (nSPS) is 16.2. The summed E-state index contributed by atoms with van der Waals surface area (Å²) in [4.78, 5) is 11.4. The average molecular weight is 258 g/mol. The van der Waals surface area contributed by atoms with Crippen LogP contribution in [0.3, 0.4) is 0 Å². The van der Waals surface area contributed by atoms with Crippen molar-refractivity contribution in [2.24, 2.45) is 0 Å². The van der Waals surface area contributed by atoms with Gasteiger partial charge in [-0.15, -0.1) is 0 Å². The van der Waals surface area contributed by atoms with Crippen LogP contribution in [0.2, 0.25) is 0 Å². The van der Waals surface area contributed by atoms with Crippen LogP contribution in [-0.2, 0) is 0 Å². The van der Waals surface area contributed by atoms with Gasteiger partial charge >= 0.3 is 0 Å². The lowest BCUT2D eigenvalue weighted by atomic mass is 10.2. The molecule has 2 aromatic heterocycles. The molecule has 100 valence electrons. The van der Waals surface area contributed by atoms with Crippen molar-refractivity contribution in [3.63, 3.8) is 0 Å². The molecule has 0 amide bonds. The molecule has 3 rings (SSSR count). The molecule has 1 atom stereocenters. The summed E-state index contributed by atoms with van der Waals surface area (Å²) in [5, 5.41) is 4.23. The van der Waals surface area contributed by atoms with E-state index in [0.717, 1.165) is 30.3 Å². The minimum absolute atomic E-state index is 0.0373. The van der Waals surface area contributed by atoms with Crippen LogP contribution < -0.4 is 10.6 Å². The van der Waals surface area contributed by atoms with Gasteiger partial charge in [0.2, 0.25) is 0 Å². The van der Waals surface area contributed by atoms with Gasteiger partial charge in [0.05, 0.1) is 35.5 Å². The lowest BCUT2D eigenvalue weighted by molar-refractivity contribution is 0.543. The minimum Gasteiger partial charge on any atom is -0.396 e. The van der Waals surface area contributed by atoms with E-state index in [1.54, 1.807) is 6.20 Å². The van der Waals surface area contributed by atoms with Crippen LogP contribution in [0.25, 0.3) is 0 Å². The summed E-state index contributed by atoms with van der Waals surface area (Å²) in [6.07, 6.45) is 6.55. The Bertz CT molecular complexity index is 587. The third-order valence-electron chi connectivity index (χ3n) is 3.57. The summed E-state index contributed by atoms with van der Waals surface area (Å²) in [5.74, 6) is 0.972. The smallest absolute Gasteiger partial charge is 0.147 e. The highest BCUT2D eigenvalue weighted by atomic mass is 15.3. The van der Waals surface area contributed by atoms with Gasteiger partial charge in [0.1, 0.15) is 5.82 Å². The van der Waals surface area contributed by atoms with Crippen LogP contribution in [0.1, 0.15) is 30.8 Å². The fraction of sp³-hybridized carbons (Fsp3) is 0.462. The van der Waals surface area contributed by atoms with E-state index < -0.39 is 0 Å². The summed E-state index contributed by atoms with van der Waals surface area (Å²) < 4.78 is 1.82. The second-order valence-corrected chi connectivity index (χ2v) is 4.97. The topological polar surface area (TPSA) is 72.9 Å².